The van der Waals surface area contributed by atoms with Crippen LogP contribution in [0.2, 0.25) is 10.0 Å². The molecule has 1 amide bonds. The van der Waals surface area contributed by atoms with Crippen LogP contribution < -0.4 is 9.47 Å². The largest absolute Gasteiger partial charge is 0.497 e. The average Bonchev–Trinajstić information content (AvgIpc) is 2.91. The molecule has 1 aliphatic rings. The van der Waals surface area contributed by atoms with Crippen LogP contribution in [0.1, 0.15) is 17.2 Å². The molecule has 1 atom stereocenters. The van der Waals surface area contributed by atoms with Gasteiger partial charge in [0, 0.05) is 42.8 Å². The molecule has 0 spiro atoms. The number of carbonyl (C=O) groups is 1. The number of ether oxygens (including phenoxy) is 3. The van der Waals surface area contributed by atoms with Crippen LogP contribution in [0, 0.1) is 0 Å². The summed E-state index contributed by atoms with van der Waals surface area (Å²) in [7, 11) is 1.66. The zero-order valence-corrected chi connectivity index (χ0v) is 21.8. The first-order valence-electron chi connectivity index (χ1n) is 11.9. The summed E-state index contributed by atoms with van der Waals surface area (Å²) in [5, 5.41) is 1.32. The third kappa shape index (κ3) is 7.61. The highest BCUT2D eigenvalue weighted by Gasteiger charge is 2.25. The van der Waals surface area contributed by atoms with Crippen LogP contribution in [0.3, 0.4) is 0 Å². The third-order valence-corrected chi connectivity index (χ3v) is 6.62. The van der Waals surface area contributed by atoms with E-state index in [0.29, 0.717) is 42.0 Å². The van der Waals surface area contributed by atoms with Gasteiger partial charge < -0.3 is 19.1 Å². The number of benzene rings is 3. The standard InChI is InChI=1S/C28H30Cl2N2O4/c1-34-26-7-3-5-22(17-26)27(36-19-21-4-2-6-24(30)16-21)18-31-12-14-32(15-13-31)28(33)20-35-25-10-8-23(29)9-11-25/h2-11,16-17,27H,12-15,18-20H2,1H3/t27-/m1/s1. The fourth-order valence-corrected chi connectivity index (χ4v) is 4.44. The van der Waals surface area contributed by atoms with Gasteiger partial charge in [0.15, 0.2) is 6.61 Å². The zero-order valence-electron chi connectivity index (χ0n) is 20.2. The first-order valence-corrected chi connectivity index (χ1v) is 12.6. The van der Waals surface area contributed by atoms with E-state index in [4.69, 9.17) is 37.4 Å². The number of rotatable bonds is 10. The Labute approximate surface area is 222 Å². The molecular formula is C28H30Cl2N2O4. The third-order valence-electron chi connectivity index (χ3n) is 6.13. The Bertz CT molecular complexity index is 1130. The van der Waals surface area contributed by atoms with E-state index in [-0.39, 0.29) is 18.6 Å². The molecule has 0 aliphatic carbocycles. The van der Waals surface area contributed by atoms with Gasteiger partial charge in [0.1, 0.15) is 11.5 Å². The molecule has 1 heterocycles. The van der Waals surface area contributed by atoms with Gasteiger partial charge in [-0.25, -0.2) is 0 Å². The molecule has 0 saturated carbocycles. The Morgan fingerprint density at radius 2 is 1.64 bits per heavy atom. The van der Waals surface area contributed by atoms with Crippen LogP contribution in [0.4, 0.5) is 0 Å². The lowest BCUT2D eigenvalue weighted by Crippen LogP contribution is -2.50. The van der Waals surface area contributed by atoms with Crippen molar-refractivity contribution in [3.63, 3.8) is 0 Å². The van der Waals surface area contributed by atoms with Crippen molar-refractivity contribution >= 4 is 29.1 Å². The molecule has 0 unspecified atom stereocenters. The molecular weight excluding hydrogens is 499 g/mol. The van der Waals surface area contributed by atoms with Crippen molar-refractivity contribution in [2.75, 3.05) is 46.4 Å². The number of carbonyl (C=O) groups excluding carboxylic acids is 1. The average molecular weight is 529 g/mol. The minimum atomic E-state index is -0.158. The number of hydrogen-bond acceptors (Lipinski definition) is 5. The van der Waals surface area contributed by atoms with E-state index in [1.54, 1.807) is 31.4 Å². The smallest absolute Gasteiger partial charge is 0.260 e. The van der Waals surface area contributed by atoms with Crippen LogP contribution in [0.25, 0.3) is 0 Å². The predicted molar refractivity (Wildman–Crippen MR) is 142 cm³/mol. The molecule has 190 valence electrons. The lowest BCUT2D eigenvalue weighted by Gasteiger charge is -2.36. The monoisotopic (exact) mass is 528 g/mol. The van der Waals surface area contributed by atoms with Gasteiger partial charge in [0.2, 0.25) is 0 Å². The Kier molecular flexibility index (Phi) is 9.47. The maximum absolute atomic E-state index is 12.7. The van der Waals surface area contributed by atoms with E-state index in [1.165, 1.54) is 0 Å². The van der Waals surface area contributed by atoms with Crippen molar-refractivity contribution in [3.8, 4) is 11.5 Å². The maximum atomic E-state index is 12.7. The lowest BCUT2D eigenvalue weighted by molar-refractivity contribution is -0.135. The molecule has 3 aromatic carbocycles. The van der Waals surface area contributed by atoms with Crippen molar-refractivity contribution in [1.82, 2.24) is 9.80 Å². The molecule has 1 fully saturated rings. The fourth-order valence-electron chi connectivity index (χ4n) is 4.10. The van der Waals surface area contributed by atoms with E-state index in [1.807, 2.05) is 47.4 Å². The van der Waals surface area contributed by atoms with Gasteiger partial charge in [0.25, 0.3) is 5.91 Å². The number of piperazine rings is 1. The number of halogens is 2. The SMILES string of the molecule is COc1cccc([C@@H](CN2CCN(C(=O)COc3ccc(Cl)cc3)CC2)OCc2cccc(Cl)c2)c1. The van der Waals surface area contributed by atoms with Gasteiger partial charge in [-0.2, -0.15) is 0 Å². The van der Waals surface area contributed by atoms with E-state index < -0.39 is 0 Å². The van der Waals surface area contributed by atoms with Gasteiger partial charge in [-0.05, 0) is 59.7 Å². The molecule has 0 aromatic heterocycles. The van der Waals surface area contributed by atoms with Gasteiger partial charge in [-0.1, -0.05) is 47.5 Å². The molecule has 6 nitrogen and oxygen atoms in total. The van der Waals surface area contributed by atoms with Crippen LogP contribution in [-0.4, -0.2) is 62.1 Å². The summed E-state index contributed by atoms with van der Waals surface area (Å²) < 4.78 is 17.4. The van der Waals surface area contributed by atoms with E-state index in [0.717, 1.165) is 30.0 Å². The van der Waals surface area contributed by atoms with Crippen LogP contribution in [0.15, 0.2) is 72.8 Å². The Morgan fingerprint density at radius 1 is 0.889 bits per heavy atom. The normalized spacial score (nSPS) is 14.9. The molecule has 8 heteroatoms. The Morgan fingerprint density at radius 3 is 2.36 bits per heavy atom. The lowest BCUT2D eigenvalue weighted by atomic mass is 10.1. The predicted octanol–water partition coefficient (Wildman–Crippen LogP) is 5.48. The minimum absolute atomic E-state index is 0.0107. The van der Waals surface area contributed by atoms with Gasteiger partial charge in [-0.3, -0.25) is 9.69 Å². The zero-order chi connectivity index (χ0) is 25.3. The van der Waals surface area contributed by atoms with E-state index in [9.17, 15) is 4.79 Å². The Hall–Kier alpha value is -2.77. The first kappa shape index (κ1) is 26.3. The first-order chi connectivity index (χ1) is 17.5. The summed E-state index contributed by atoms with van der Waals surface area (Å²) in [5.41, 5.74) is 2.07. The summed E-state index contributed by atoms with van der Waals surface area (Å²) in [4.78, 5) is 16.8. The molecule has 1 saturated heterocycles. The summed E-state index contributed by atoms with van der Waals surface area (Å²) in [6.07, 6.45) is -0.158. The van der Waals surface area contributed by atoms with Crippen molar-refractivity contribution in [2.45, 2.75) is 12.7 Å². The van der Waals surface area contributed by atoms with Crippen LogP contribution in [-0.2, 0) is 16.1 Å². The van der Waals surface area contributed by atoms with Crippen molar-refractivity contribution < 1.29 is 19.0 Å². The molecule has 1 aliphatic heterocycles. The van der Waals surface area contributed by atoms with Crippen LogP contribution in [0.5, 0.6) is 11.5 Å². The second-order valence-corrected chi connectivity index (χ2v) is 9.50. The highest BCUT2D eigenvalue weighted by molar-refractivity contribution is 6.30. The molecule has 4 rings (SSSR count). The van der Waals surface area contributed by atoms with E-state index in [2.05, 4.69) is 11.0 Å². The number of amides is 1. The van der Waals surface area contributed by atoms with Crippen molar-refractivity contribution in [2.24, 2.45) is 0 Å². The molecule has 0 N–H and O–H groups in total. The minimum Gasteiger partial charge on any atom is -0.497 e. The number of methoxy groups -OCH3 is 1. The van der Waals surface area contributed by atoms with E-state index >= 15 is 0 Å². The summed E-state index contributed by atoms with van der Waals surface area (Å²) in [6, 6.07) is 22.7. The summed E-state index contributed by atoms with van der Waals surface area (Å²) in [5.74, 6) is 1.40. The molecule has 0 radical (unpaired) electrons. The summed E-state index contributed by atoms with van der Waals surface area (Å²) in [6.45, 7) is 3.96. The molecule has 3 aromatic rings. The van der Waals surface area contributed by atoms with Crippen molar-refractivity contribution in [1.29, 1.82) is 0 Å². The number of hydrogen-bond donors (Lipinski definition) is 0. The topological polar surface area (TPSA) is 51.2 Å². The second kappa shape index (κ2) is 13.0. The summed E-state index contributed by atoms with van der Waals surface area (Å²) >= 11 is 12.0. The number of nitrogens with zero attached hydrogens (tertiary/aromatic N) is 2. The van der Waals surface area contributed by atoms with Gasteiger partial charge in [0.05, 0.1) is 19.8 Å². The van der Waals surface area contributed by atoms with Gasteiger partial charge >= 0.3 is 0 Å². The quantitative estimate of drug-likeness (QED) is 0.348. The highest BCUT2D eigenvalue weighted by atomic mass is 35.5. The van der Waals surface area contributed by atoms with Gasteiger partial charge in [-0.15, -0.1) is 0 Å². The van der Waals surface area contributed by atoms with Crippen LogP contribution >= 0.6 is 23.2 Å². The second-order valence-electron chi connectivity index (χ2n) is 8.63. The van der Waals surface area contributed by atoms with Crippen molar-refractivity contribution in [3.05, 3.63) is 94.0 Å². The maximum Gasteiger partial charge on any atom is 0.260 e. The molecule has 0 bridgehead atoms. The Balaban J connectivity index is 1.33. The molecule has 36 heavy (non-hydrogen) atoms. The fraction of sp³-hybridized carbons (Fsp3) is 0.321. The highest BCUT2D eigenvalue weighted by Crippen LogP contribution is 2.25.